The third kappa shape index (κ3) is 1.97. The Morgan fingerprint density at radius 2 is 2.24 bits per heavy atom. The zero-order valence-electron chi connectivity index (χ0n) is 9.72. The van der Waals surface area contributed by atoms with Gasteiger partial charge in [0.25, 0.3) is 0 Å². The van der Waals surface area contributed by atoms with E-state index in [0.29, 0.717) is 0 Å². The molecule has 17 heavy (non-hydrogen) atoms. The first-order valence-electron chi connectivity index (χ1n) is 5.81. The topological polar surface area (TPSA) is 32.7 Å². The largest absolute Gasteiger partial charge is 0.345 e. The highest BCUT2D eigenvalue weighted by Crippen LogP contribution is 2.33. The van der Waals surface area contributed by atoms with E-state index in [1.54, 1.807) is 16.7 Å². The van der Waals surface area contributed by atoms with Crippen molar-refractivity contribution in [3.8, 4) is 0 Å². The van der Waals surface area contributed by atoms with E-state index in [-0.39, 0.29) is 11.2 Å². The fraction of sp³-hybridized carbons (Fsp3) is 0.385. The number of hydrogen-bond donors (Lipinski definition) is 0. The summed E-state index contributed by atoms with van der Waals surface area (Å²) in [6.07, 6.45) is 1.82. The van der Waals surface area contributed by atoms with Gasteiger partial charge in [-0.15, -0.1) is 0 Å². The lowest BCUT2D eigenvalue weighted by Gasteiger charge is -2.09. The minimum Gasteiger partial charge on any atom is -0.345 e. The zero-order chi connectivity index (χ0) is 11.8. The Labute approximate surface area is 105 Å². The highest BCUT2D eigenvalue weighted by Gasteiger charge is 2.31. The van der Waals surface area contributed by atoms with Crippen molar-refractivity contribution in [1.29, 1.82) is 0 Å². The van der Waals surface area contributed by atoms with E-state index >= 15 is 0 Å². The Kier molecular flexibility index (Phi) is 2.67. The van der Waals surface area contributed by atoms with Crippen molar-refractivity contribution >= 4 is 28.4 Å². The predicted molar refractivity (Wildman–Crippen MR) is 70.9 cm³/mol. The normalized spacial score (nSPS) is 22.9. The van der Waals surface area contributed by atoms with Crippen molar-refractivity contribution in [2.24, 2.45) is 4.99 Å². The number of carbonyl (C=O) groups excluding carboxylic acids is 1. The zero-order valence-corrected chi connectivity index (χ0v) is 10.5. The molecule has 1 aromatic rings. The summed E-state index contributed by atoms with van der Waals surface area (Å²) in [5, 5.41) is 1.16. The van der Waals surface area contributed by atoms with Crippen LogP contribution in [0.4, 0.5) is 5.69 Å². The van der Waals surface area contributed by atoms with Gasteiger partial charge in [0.1, 0.15) is 0 Å². The minimum atomic E-state index is 0.0769. The molecule has 1 aromatic carbocycles. The van der Waals surface area contributed by atoms with Crippen molar-refractivity contribution in [1.82, 2.24) is 4.90 Å². The van der Waals surface area contributed by atoms with Gasteiger partial charge in [0.15, 0.2) is 0 Å². The number of likely N-dealkylation sites (tertiary alicyclic amines) is 1. The number of thioether (sulfide) groups is 1. The maximum Gasteiger partial charge on any atom is 0.235 e. The molecule has 2 heterocycles. The molecule has 1 amide bonds. The molecule has 3 rings (SSSR count). The molecule has 0 radical (unpaired) electrons. The average Bonchev–Trinajstić information content (AvgIpc) is 2.87. The number of carbonyl (C=O) groups is 1. The highest BCUT2D eigenvalue weighted by molar-refractivity contribution is 8.15. The highest BCUT2D eigenvalue weighted by atomic mass is 32.2. The standard InChI is InChI=1S/C13H14N2OS/c1-15-7-6-11(13(15)16)17-12-8-9-4-2-3-5-10(9)14-12/h2-5,11H,6-8H2,1H3. The first kappa shape index (κ1) is 10.8. The number of benzene rings is 1. The van der Waals surface area contributed by atoms with E-state index in [0.717, 1.165) is 30.1 Å². The van der Waals surface area contributed by atoms with Crippen LogP contribution in [0, 0.1) is 0 Å². The number of amides is 1. The third-order valence-corrected chi connectivity index (χ3v) is 4.46. The van der Waals surface area contributed by atoms with Crippen LogP contribution < -0.4 is 0 Å². The van der Waals surface area contributed by atoms with Crippen molar-refractivity contribution in [3.63, 3.8) is 0 Å². The van der Waals surface area contributed by atoms with E-state index in [1.165, 1.54) is 5.56 Å². The maximum absolute atomic E-state index is 11.8. The first-order valence-corrected chi connectivity index (χ1v) is 6.69. The summed E-state index contributed by atoms with van der Waals surface area (Å²) >= 11 is 1.64. The Morgan fingerprint density at radius 1 is 1.41 bits per heavy atom. The minimum absolute atomic E-state index is 0.0769. The van der Waals surface area contributed by atoms with Gasteiger partial charge < -0.3 is 4.90 Å². The molecule has 2 aliphatic rings. The van der Waals surface area contributed by atoms with E-state index in [2.05, 4.69) is 11.1 Å². The van der Waals surface area contributed by atoms with Crippen LogP contribution in [0.2, 0.25) is 0 Å². The van der Waals surface area contributed by atoms with Gasteiger partial charge in [-0.3, -0.25) is 4.79 Å². The first-order chi connectivity index (χ1) is 8.24. The summed E-state index contributed by atoms with van der Waals surface area (Å²) in [5.74, 6) is 0.244. The van der Waals surface area contributed by atoms with Crippen LogP contribution in [-0.4, -0.2) is 34.7 Å². The fourth-order valence-corrected chi connectivity index (χ4v) is 3.46. The van der Waals surface area contributed by atoms with Crippen LogP contribution in [0.15, 0.2) is 29.3 Å². The second kappa shape index (κ2) is 4.18. The fourth-order valence-electron chi connectivity index (χ4n) is 2.24. The lowest BCUT2D eigenvalue weighted by molar-refractivity contribution is -0.126. The van der Waals surface area contributed by atoms with Gasteiger partial charge in [-0.05, 0) is 18.1 Å². The average molecular weight is 246 g/mol. The van der Waals surface area contributed by atoms with Crippen molar-refractivity contribution in [2.75, 3.05) is 13.6 Å². The van der Waals surface area contributed by atoms with Crippen LogP contribution in [-0.2, 0) is 11.2 Å². The third-order valence-electron chi connectivity index (χ3n) is 3.24. The molecule has 1 saturated heterocycles. The molecular formula is C13H14N2OS. The molecule has 0 aliphatic carbocycles. The quantitative estimate of drug-likeness (QED) is 0.761. The lowest BCUT2D eigenvalue weighted by atomic mass is 10.2. The SMILES string of the molecule is CN1CCC(SC2=Nc3ccccc3C2)C1=O. The van der Waals surface area contributed by atoms with Crippen molar-refractivity contribution < 1.29 is 4.79 Å². The van der Waals surface area contributed by atoms with Crippen molar-refractivity contribution in [3.05, 3.63) is 29.8 Å². The second-order valence-corrected chi connectivity index (χ2v) is 5.74. The Balaban J connectivity index is 1.72. The number of aliphatic imine (C=N–C) groups is 1. The van der Waals surface area contributed by atoms with Gasteiger partial charge in [0, 0.05) is 20.0 Å². The summed E-state index contributed by atoms with van der Waals surface area (Å²) in [4.78, 5) is 18.2. The molecule has 3 nitrogen and oxygen atoms in total. The van der Waals surface area contributed by atoms with Gasteiger partial charge in [0.2, 0.25) is 5.91 Å². The predicted octanol–water partition coefficient (Wildman–Crippen LogP) is 2.24. The Bertz CT molecular complexity index is 498. The second-order valence-electron chi connectivity index (χ2n) is 4.47. The van der Waals surface area contributed by atoms with E-state index in [1.807, 2.05) is 25.2 Å². The van der Waals surface area contributed by atoms with Gasteiger partial charge in [-0.1, -0.05) is 30.0 Å². The van der Waals surface area contributed by atoms with Crippen LogP contribution >= 0.6 is 11.8 Å². The molecule has 0 aromatic heterocycles. The van der Waals surface area contributed by atoms with Crippen LogP contribution in [0.1, 0.15) is 12.0 Å². The molecule has 0 saturated carbocycles. The number of hydrogen-bond acceptors (Lipinski definition) is 3. The summed E-state index contributed by atoms with van der Waals surface area (Å²) in [7, 11) is 1.87. The van der Waals surface area contributed by atoms with Crippen molar-refractivity contribution in [2.45, 2.75) is 18.1 Å². The Hall–Kier alpha value is -1.29. The van der Waals surface area contributed by atoms with E-state index in [4.69, 9.17) is 0 Å². The molecular weight excluding hydrogens is 232 g/mol. The van der Waals surface area contributed by atoms with Crippen LogP contribution in [0.5, 0.6) is 0 Å². The molecule has 1 unspecified atom stereocenters. The molecule has 1 fully saturated rings. The molecule has 0 spiro atoms. The molecule has 88 valence electrons. The summed E-state index contributed by atoms with van der Waals surface area (Å²) in [5.41, 5.74) is 2.34. The molecule has 0 bridgehead atoms. The Morgan fingerprint density at radius 3 is 2.94 bits per heavy atom. The lowest BCUT2D eigenvalue weighted by Crippen LogP contribution is -2.24. The summed E-state index contributed by atoms with van der Waals surface area (Å²) in [6.45, 7) is 0.872. The number of para-hydroxylation sites is 1. The number of nitrogens with zero attached hydrogens (tertiary/aromatic N) is 2. The van der Waals surface area contributed by atoms with Gasteiger partial charge >= 0.3 is 0 Å². The van der Waals surface area contributed by atoms with E-state index < -0.39 is 0 Å². The maximum atomic E-state index is 11.8. The molecule has 2 aliphatic heterocycles. The van der Waals surface area contributed by atoms with Gasteiger partial charge in [0.05, 0.1) is 16.0 Å². The number of fused-ring (bicyclic) bond motifs is 1. The molecule has 4 heteroatoms. The summed E-state index contributed by atoms with van der Waals surface area (Å²) < 4.78 is 0. The van der Waals surface area contributed by atoms with Gasteiger partial charge in [-0.25, -0.2) is 4.99 Å². The van der Waals surface area contributed by atoms with Crippen LogP contribution in [0.25, 0.3) is 0 Å². The molecule has 0 N–H and O–H groups in total. The van der Waals surface area contributed by atoms with Crippen LogP contribution in [0.3, 0.4) is 0 Å². The molecule has 1 atom stereocenters. The monoisotopic (exact) mass is 246 g/mol. The smallest absolute Gasteiger partial charge is 0.235 e. The van der Waals surface area contributed by atoms with E-state index in [9.17, 15) is 4.79 Å². The van der Waals surface area contributed by atoms with Gasteiger partial charge in [-0.2, -0.15) is 0 Å². The number of rotatable bonds is 1. The summed E-state index contributed by atoms with van der Waals surface area (Å²) in [6, 6.07) is 8.18.